The minimum absolute atomic E-state index is 0.0841. The maximum atomic E-state index is 14.5. The highest BCUT2D eigenvalue weighted by Crippen LogP contribution is 2.21. The summed E-state index contributed by atoms with van der Waals surface area (Å²) in [6.45, 7) is 2.50. The van der Waals surface area contributed by atoms with Gasteiger partial charge >= 0.3 is 0 Å². The number of alkyl halides is 1. The molecule has 0 spiro atoms. The van der Waals surface area contributed by atoms with Crippen LogP contribution in [0.3, 0.4) is 0 Å². The Bertz CT molecular complexity index is 734. The fourth-order valence-electron chi connectivity index (χ4n) is 2.54. The highest BCUT2D eigenvalue weighted by Gasteiger charge is 2.14. The molecule has 7 heteroatoms. The van der Waals surface area contributed by atoms with Crippen molar-refractivity contribution in [3.63, 3.8) is 0 Å². The smallest absolute Gasteiger partial charge is 0.269 e. The Balaban J connectivity index is 1.93. The maximum absolute atomic E-state index is 14.5. The summed E-state index contributed by atoms with van der Waals surface area (Å²) in [5.41, 5.74) is 1.68. The molecule has 2 aromatic rings. The number of hydrogen-bond donors (Lipinski definition) is 1. The van der Waals surface area contributed by atoms with Gasteiger partial charge < -0.3 is 10.1 Å². The number of amides is 1. The van der Waals surface area contributed by atoms with E-state index >= 15 is 0 Å². The third-order valence-electron chi connectivity index (χ3n) is 4.04. The second-order valence-electron chi connectivity index (χ2n) is 6.01. The topological polar surface area (TPSA) is 56.1 Å². The molecule has 1 N–H and O–H groups in total. The van der Waals surface area contributed by atoms with Crippen molar-refractivity contribution in [1.82, 2.24) is 15.1 Å². The normalized spacial score (nSPS) is 10.8. The molecule has 1 aromatic carbocycles. The first-order valence-corrected chi connectivity index (χ1v) is 9.37. The van der Waals surface area contributed by atoms with Gasteiger partial charge in [-0.15, -0.1) is 11.6 Å². The maximum Gasteiger partial charge on any atom is 0.269 e. The lowest BCUT2D eigenvalue weighted by Crippen LogP contribution is -2.25. The molecule has 1 heterocycles. The molecular formula is C19H25ClFN3O2. The first-order chi connectivity index (χ1) is 12.6. The Hall–Kier alpha value is -2.08. The first kappa shape index (κ1) is 20.2. The van der Waals surface area contributed by atoms with Crippen LogP contribution in [-0.4, -0.2) is 28.2 Å². The quantitative estimate of drug-likeness (QED) is 0.502. The van der Waals surface area contributed by atoms with Crippen LogP contribution in [0.15, 0.2) is 24.3 Å². The van der Waals surface area contributed by atoms with Gasteiger partial charge in [0, 0.05) is 25.0 Å². The Kier molecular flexibility index (Phi) is 7.91. The molecule has 0 radical (unpaired) electrons. The predicted octanol–water partition coefficient (Wildman–Crippen LogP) is 3.84. The molecule has 0 unspecified atom stereocenters. The summed E-state index contributed by atoms with van der Waals surface area (Å²) in [7, 11) is 1.72. The van der Waals surface area contributed by atoms with Gasteiger partial charge in [0.1, 0.15) is 5.69 Å². The van der Waals surface area contributed by atoms with Crippen molar-refractivity contribution < 1.29 is 13.9 Å². The molecule has 1 aromatic heterocycles. The number of ether oxygens (including phenoxy) is 1. The molecule has 0 saturated heterocycles. The molecule has 0 fully saturated rings. The average Bonchev–Trinajstić information content (AvgIpc) is 3.02. The molecule has 26 heavy (non-hydrogen) atoms. The van der Waals surface area contributed by atoms with Crippen molar-refractivity contribution in [3.8, 4) is 5.75 Å². The zero-order valence-electron chi connectivity index (χ0n) is 15.2. The van der Waals surface area contributed by atoms with Gasteiger partial charge in [-0.25, -0.2) is 4.39 Å². The zero-order valence-corrected chi connectivity index (χ0v) is 16.0. The number of aryl methyl sites for hydroxylation is 2. The summed E-state index contributed by atoms with van der Waals surface area (Å²) >= 11 is 5.63. The fraction of sp³-hybridized carbons (Fsp3) is 0.474. The number of halogens is 2. The molecule has 0 aliphatic heterocycles. The summed E-state index contributed by atoms with van der Waals surface area (Å²) in [6, 6.07) is 6.69. The van der Waals surface area contributed by atoms with Crippen LogP contribution in [0.2, 0.25) is 0 Å². The molecular weight excluding hydrogens is 357 g/mol. The molecule has 5 nitrogen and oxygen atoms in total. The number of aromatic nitrogens is 2. The van der Waals surface area contributed by atoms with Gasteiger partial charge in [-0.3, -0.25) is 9.48 Å². The second-order valence-corrected chi connectivity index (χ2v) is 6.39. The lowest BCUT2D eigenvalue weighted by Gasteiger charge is -2.11. The summed E-state index contributed by atoms with van der Waals surface area (Å²) in [5.74, 6) is 0.104. The summed E-state index contributed by atoms with van der Waals surface area (Å²) in [5, 5.41) is 6.98. The van der Waals surface area contributed by atoms with Crippen LogP contribution < -0.4 is 10.1 Å². The minimum Gasteiger partial charge on any atom is -0.491 e. The van der Waals surface area contributed by atoms with Gasteiger partial charge in [-0.2, -0.15) is 5.10 Å². The van der Waals surface area contributed by atoms with E-state index < -0.39 is 5.82 Å². The third kappa shape index (κ3) is 5.46. The largest absolute Gasteiger partial charge is 0.491 e. The van der Waals surface area contributed by atoms with Crippen molar-refractivity contribution in [3.05, 3.63) is 47.0 Å². The van der Waals surface area contributed by atoms with Crippen LogP contribution in [0.4, 0.5) is 4.39 Å². The SMILES string of the molecule is CCc1cc(C(=O)NCc2cccc(OCCCCCCl)c2F)n(C)n1. The van der Waals surface area contributed by atoms with Gasteiger partial charge in [0.05, 0.1) is 12.3 Å². The highest BCUT2D eigenvalue weighted by molar-refractivity contribution is 6.17. The van der Waals surface area contributed by atoms with E-state index in [1.807, 2.05) is 6.92 Å². The zero-order chi connectivity index (χ0) is 18.9. The number of rotatable bonds is 10. The van der Waals surface area contributed by atoms with E-state index in [-0.39, 0.29) is 18.2 Å². The number of hydrogen-bond acceptors (Lipinski definition) is 3. The van der Waals surface area contributed by atoms with E-state index in [2.05, 4.69) is 10.4 Å². The number of carbonyl (C=O) groups excluding carboxylic acids is 1. The van der Waals surface area contributed by atoms with E-state index in [1.165, 1.54) is 4.68 Å². The van der Waals surface area contributed by atoms with Gasteiger partial charge in [-0.05, 0) is 37.8 Å². The molecule has 0 aliphatic rings. The third-order valence-corrected chi connectivity index (χ3v) is 4.31. The van der Waals surface area contributed by atoms with Crippen molar-refractivity contribution in [2.75, 3.05) is 12.5 Å². The fourth-order valence-corrected chi connectivity index (χ4v) is 2.73. The molecule has 0 aliphatic carbocycles. The molecule has 1 amide bonds. The van der Waals surface area contributed by atoms with Gasteiger partial charge in [0.15, 0.2) is 11.6 Å². The standard InChI is InChI=1S/C19H25ClFN3O2/c1-3-15-12-16(24(2)23-15)19(25)22-13-14-8-7-9-17(18(14)21)26-11-6-4-5-10-20/h7-9,12H,3-6,10-11,13H2,1-2H3,(H,22,25). The molecule has 142 valence electrons. The Morgan fingerprint density at radius 1 is 1.35 bits per heavy atom. The van der Waals surface area contributed by atoms with Crippen LogP contribution in [0.1, 0.15) is 47.9 Å². The van der Waals surface area contributed by atoms with Crippen LogP contribution in [0.25, 0.3) is 0 Å². The summed E-state index contributed by atoms with van der Waals surface area (Å²) in [4.78, 5) is 12.3. The predicted molar refractivity (Wildman–Crippen MR) is 100 cm³/mol. The average molecular weight is 382 g/mol. The monoisotopic (exact) mass is 381 g/mol. The molecule has 0 saturated carbocycles. The highest BCUT2D eigenvalue weighted by atomic mass is 35.5. The Morgan fingerprint density at radius 2 is 2.15 bits per heavy atom. The van der Waals surface area contributed by atoms with Gasteiger partial charge in [0.25, 0.3) is 5.91 Å². The Morgan fingerprint density at radius 3 is 2.85 bits per heavy atom. The van der Waals surface area contributed by atoms with Crippen LogP contribution in [0, 0.1) is 5.82 Å². The van der Waals surface area contributed by atoms with Crippen molar-refractivity contribution >= 4 is 17.5 Å². The number of unbranched alkanes of at least 4 members (excludes halogenated alkanes) is 2. The van der Waals surface area contributed by atoms with Crippen LogP contribution >= 0.6 is 11.6 Å². The number of nitrogens with one attached hydrogen (secondary N) is 1. The van der Waals surface area contributed by atoms with Crippen molar-refractivity contribution in [2.45, 2.75) is 39.2 Å². The lowest BCUT2D eigenvalue weighted by atomic mass is 10.2. The molecule has 2 rings (SSSR count). The second kappa shape index (κ2) is 10.2. The molecule has 0 bridgehead atoms. The van der Waals surface area contributed by atoms with Crippen molar-refractivity contribution in [1.29, 1.82) is 0 Å². The summed E-state index contributed by atoms with van der Waals surface area (Å²) in [6.07, 6.45) is 3.45. The van der Waals surface area contributed by atoms with Gasteiger partial charge in [-0.1, -0.05) is 19.1 Å². The van der Waals surface area contributed by atoms with Crippen molar-refractivity contribution in [2.24, 2.45) is 7.05 Å². The van der Waals surface area contributed by atoms with Gasteiger partial charge in [0.2, 0.25) is 0 Å². The molecule has 0 atom stereocenters. The van der Waals surface area contributed by atoms with Crippen LogP contribution in [-0.2, 0) is 20.0 Å². The lowest BCUT2D eigenvalue weighted by molar-refractivity contribution is 0.0941. The number of carbonyl (C=O) groups is 1. The summed E-state index contributed by atoms with van der Waals surface area (Å²) < 4.78 is 21.6. The minimum atomic E-state index is -0.440. The van der Waals surface area contributed by atoms with E-state index in [0.29, 0.717) is 23.7 Å². The van der Waals surface area contributed by atoms with E-state index in [1.54, 1.807) is 31.3 Å². The number of nitrogens with zero attached hydrogens (tertiary/aromatic N) is 2. The number of benzene rings is 1. The first-order valence-electron chi connectivity index (χ1n) is 8.84. The van der Waals surface area contributed by atoms with E-state index in [4.69, 9.17) is 16.3 Å². The van der Waals surface area contributed by atoms with E-state index in [9.17, 15) is 9.18 Å². The Labute approximate surface area is 158 Å². The van der Waals surface area contributed by atoms with Crippen LogP contribution in [0.5, 0.6) is 5.75 Å². The van der Waals surface area contributed by atoms with E-state index in [0.717, 1.165) is 31.4 Å².